The molecule has 2 atom stereocenters. The number of amides is 1. The van der Waals surface area contributed by atoms with Crippen molar-refractivity contribution in [3.05, 3.63) is 29.8 Å². The van der Waals surface area contributed by atoms with E-state index in [0.29, 0.717) is 13.1 Å². The molecule has 0 bridgehead atoms. The van der Waals surface area contributed by atoms with Gasteiger partial charge >= 0.3 is 0 Å². The minimum absolute atomic E-state index is 0.00681. The molecule has 0 aromatic heterocycles. The molecule has 5 nitrogen and oxygen atoms in total. The maximum atomic E-state index is 11.5. The third kappa shape index (κ3) is 6.60. The van der Waals surface area contributed by atoms with Gasteiger partial charge in [-0.3, -0.25) is 4.79 Å². The summed E-state index contributed by atoms with van der Waals surface area (Å²) in [6, 6.07) is 7.73. The summed E-state index contributed by atoms with van der Waals surface area (Å²) in [6.45, 7) is 5.17. The first-order valence-corrected chi connectivity index (χ1v) is 7.20. The van der Waals surface area contributed by atoms with E-state index in [9.17, 15) is 9.90 Å². The van der Waals surface area contributed by atoms with Crippen LogP contribution in [0.2, 0.25) is 0 Å². The summed E-state index contributed by atoms with van der Waals surface area (Å²) in [5, 5.41) is 12.6. The number of hydrogen-bond acceptors (Lipinski definition) is 4. The third-order valence-corrected chi connectivity index (χ3v) is 3.23. The number of aryl methyl sites for hydroxylation is 1. The molecule has 0 fully saturated rings. The number of carbonyl (C=O) groups is 1. The van der Waals surface area contributed by atoms with Crippen molar-refractivity contribution in [2.45, 2.75) is 20.0 Å². The molecule has 0 spiro atoms. The van der Waals surface area contributed by atoms with Crippen molar-refractivity contribution in [2.75, 3.05) is 33.8 Å². The Morgan fingerprint density at radius 1 is 1.43 bits per heavy atom. The normalized spacial score (nSPS) is 13.8. The average Bonchev–Trinajstić information content (AvgIpc) is 2.44. The van der Waals surface area contributed by atoms with Crippen molar-refractivity contribution < 1.29 is 14.6 Å². The van der Waals surface area contributed by atoms with Crippen LogP contribution < -0.4 is 10.1 Å². The fourth-order valence-corrected chi connectivity index (χ4v) is 2.18. The van der Waals surface area contributed by atoms with Gasteiger partial charge in [0.1, 0.15) is 18.5 Å². The lowest BCUT2D eigenvalue weighted by Gasteiger charge is -2.23. The van der Waals surface area contributed by atoms with E-state index in [1.165, 1.54) is 0 Å². The molecule has 0 radical (unpaired) electrons. The number of benzene rings is 1. The molecular formula is C16H26N2O3. The van der Waals surface area contributed by atoms with E-state index < -0.39 is 6.10 Å². The zero-order valence-electron chi connectivity index (χ0n) is 13.3. The lowest BCUT2D eigenvalue weighted by molar-refractivity contribution is -0.124. The molecule has 118 valence electrons. The van der Waals surface area contributed by atoms with Gasteiger partial charge in [0.25, 0.3) is 0 Å². The Hall–Kier alpha value is -1.59. The summed E-state index contributed by atoms with van der Waals surface area (Å²) in [5.41, 5.74) is 1.12. The second-order valence-corrected chi connectivity index (χ2v) is 5.52. The van der Waals surface area contributed by atoms with Crippen molar-refractivity contribution >= 4 is 5.91 Å². The molecule has 5 heteroatoms. The van der Waals surface area contributed by atoms with Crippen molar-refractivity contribution in [1.29, 1.82) is 0 Å². The van der Waals surface area contributed by atoms with Crippen molar-refractivity contribution in [1.82, 2.24) is 10.2 Å². The first-order chi connectivity index (χ1) is 9.92. The van der Waals surface area contributed by atoms with Gasteiger partial charge in [0.2, 0.25) is 5.91 Å². The zero-order chi connectivity index (χ0) is 15.8. The Balaban J connectivity index is 2.32. The third-order valence-electron chi connectivity index (χ3n) is 3.23. The second kappa shape index (κ2) is 8.64. The molecule has 1 rings (SSSR count). The number of likely N-dealkylation sites (N-methyl/N-ethyl adjacent to an activating group) is 1. The van der Waals surface area contributed by atoms with Crippen LogP contribution in [-0.4, -0.2) is 55.8 Å². The molecule has 2 unspecified atom stereocenters. The number of carbonyl (C=O) groups excluding carboxylic acids is 1. The lowest BCUT2D eigenvalue weighted by atomic mass is 10.1. The molecule has 1 aromatic rings. The van der Waals surface area contributed by atoms with Gasteiger partial charge in [-0.15, -0.1) is 0 Å². The number of aliphatic hydroxyl groups is 1. The van der Waals surface area contributed by atoms with Crippen LogP contribution in [0.5, 0.6) is 5.75 Å². The van der Waals surface area contributed by atoms with Crippen LogP contribution >= 0.6 is 0 Å². The molecule has 1 aromatic carbocycles. The summed E-state index contributed by atoms with van der Waals surface area (Å²) in [5.74, 6) is 0.660. The van der Waals surface area contributed by atoms with Gasteiger partial charge in [-0.25, -0.2) is 0 Å². The Morgan fingerprint density at radius 3 is 2.76 bits per heavy atom. The number of ether oxygens (including phenoxy) is 1. The average molecular weight is 294 g/mol. The van der Waals surface area contributed by atoms with E-state index in [1.54, 1.807) is 7.05 Å². The van der Waals surface area contributed by atoms with Gasteiger partial charge in [-0.05, 0) is 31.7 Å². The number of nitrogens with zero attached hydrogens (tertiary/aromatic N) is 1. The lowest BCUT2D eigenvalue weighted by Crippen LogP contribution is -2.39. The summed E-state index contributed by atoms with van der Waals surface area (Å²) in [6.07, 6.45) is -0.590. The number of nitrogens with one attached hydrogen (secondary N) is 1. The van der Waals surface area contributed by atoms with Crippen LogP contribution in [0.15, 0.2) is 24.3 Å². The van der Waals surface area contributed by atoms with Crippen LogP contribution in [0.3, 0.4) is 0 Å². The first-order valence-electron chi connectivity index (χ1n) is 7.20. The molecule has 1 amide bonds. The van der Waals surface area contributed by atoms with Crippen LogP contribution in [0, 0.1) is 12.8 Å². The van der Waals surface area contributed by atoms with Gasteiger partial charge < -0.3 is 20.1 Å². The van der Waals surface area contributed by atoms with Gasteiger partial charge in [0.05, 0.1) is 0 Å². The Labute approximate surface area is 126 Å². The summed E-state index contributed by atoms with van der Waals surface area (Å²) in [4.78, 5) is 13.4. The van der Waals surface area contributed by atoms with Crippen LogP contribution in [-0.2, 0) is 4.79 Å². The highest BCUT2D eigenvalue weighted by Gasteiger charge is 2.16. The fraction of sp³-hybridized carbons (Fsp3) is 0.562. The second-order valence-electron chi connectivity index (χ2n) is 5.52. The number of rotatable bonds is 8. The molecule has 0 heterocycles. The smallest absolute Gasteiger partial charge is 0.223 e. The first kappa shape index (κ1) is 17.5. The molecule has 0 aliphatic carbocycles. The predicted molar refractivity (Wildman–Crippen MR) is 83.4 cm³/mol. The molecule has 2 N–H and O–H groups in total. The van der Waals surface area contributed by atoms with Gasteiger partial charge in [-0.2, -0.15) is 0 Å². The molecule has 0 aliphatic heterocycles. The molecule has 0 saturated carbocycles. The topological polar surface area (TPSA) is 61.8 Å². The Bertz CT molecular complexity index is 451. The van der Waals surface area contributed by atoms with E-state index in [1.807, 2.05) is 50.1 Å². The van der Waals surface area contributed by atoms with Crippen LogP contribution in [0.25, 0.3) is 0 Å². The highest BCUT2D eigenvalue weighted by molar-refractivity contribution is 5.78. The van der Waals surface area contributed by atoms with E-state index in [4.69, 9.17) is 4.74 Å². The van der Waals surface area contributed by atoms with Gasteiger partial charge in [0, 0.05) is 26.1 Å². The molecule has 0 aliphatic rings. The van der Waals surface area contributed by atoms with Crippen LogP contribution in [0.4, 0.5) is 0 Å². The largest absolute Gasteiger partial charge is 0.491 e. The standard InChI is InChI=1S/C16H26N2O3/c1-12-6-5-7-15(8-12)21-11-14(19)10-18(4)9-13(2)16(20)17-3/h5-8,13-14,19H,9-11H2,1-4H3,(H,17,20). The fourth-order valence-electron chi connectivity index (χ4n) is 2.18. The van der Waals surface area contributed by atoms with Crippen LogP contribution in [0.1, 0.15) is 12.5 Å². The van der Waals surface area contributed by atoms with E-state index in [0.717, 1.165) is 11.3 Å². The van der Waals surface area contributed by atoms with E-state index in [-0.39, 0.29) is 18.4 Å². The summed E-state index contributed by atoms with van der Waals surface area (Å²) in [7, 11) is 3.51. The summed E-state index contributed by atoms with van der Waals surface area (Å²) >= 11 is 0. The van der Waals surface area contributed by atoms with Crippen molar-refractivity contribution in [2.24, 2.45) is 5.92 Å². The number of aliphatic hydroxyl groups excluding tert-OH is 1. The SMILES string of the molecule is CNC(=O)C(C)CN(C)CC(O)COc1cccc(C)c1. The monoisotopic (exact) mass is 294 g/mol. The highest BCUT2D eigenvalue weighted by atomic mass is 16.5. The quantitative estimate of drug-likeness (QED) is 0.752. The Kier molecular flexibility index (Phi) is 7.19. The maximum Gasteiger partial charge on any atom is 0.223 e. The van der Waals surface area contributed by atoms with Gasteiger partial charge in [-0.1, -0.05) is 19.1 Å². The zero-order valence-corrected chi connectivity index (χ0v) is 13.3. The number of hydrogen-bond donors (Lipinski definition) is 2. The molecule has 21 heavy (non-hydrogen) atoms. The Morgan fingerprint density at radius 2 is 2.14 bits per heavy atom. The van der Waals surface area contributed by atoms with E-state index >= 15 is 0 Å². The van der Waals surface area contributed by atoms with Crippen molar-refractivity contribution in [3.8, 4) is 5.75 Å². The summed E-state index contributed by atoms with van der Waals surface area (Å²) < 4.78 is 5.57. The minimum atomic E-state index is -0.590. The minimum Gasteiger partial charge on any atom is -0.491 e. The molecule has 0 saturated heterocycles. The molecular weight excluding hydrogens is 268 g/mol. The predicted octanol–water partition coefficient (Wildman–Crippen LogP) is 1.05. The van der Waals surface area contributed by atoms with E-state index in [2.05, 4.69) is 5.32 Å². The van der Waals surface area contributed by atoms with Gasteiger partial charge in [0.15, 0.2) is 0 Å². The maximum absolute atomic E-state index is 11.5. The van der Waals surface area contributed by atoms with Crippen molar-refractivity contribution in [3.63, 3.8) is 0 Å². The highest BCUT2D eigenvalue weighted by Crippen LogP contribution is 2.12.